The highest BCUT2D eigenvalue weighted by molar-refractivity contribution is 8.01. The number of nitrogens with one attached hydrogen (secondary N) is 1. The molecule has 23 heavy (non-hydrogen) atoms. The Labute approximate surface area is 151 Å². The number of hydrogen-bond donors (Lipinski definition) is 2. The Balaban J connectivity index is 0.00000264. The van der Waals surface area contributed by atoms with Gasteiger partial charge in [-0.15, -0.1) is 23.7 Å². The molecular formula is C16H22ClN3OS2. The molecule has 0 saturated heterocycles. The van der Waals surface area contributed by atoms with Gasteiger partial charge in [0.25, 0.3) is 0 Å². The predicted octanol–water partition coefficient (Wildman–Crippen LogP) is 4.34. The van der Waals surface area contributed by atoms with Crippen molar-refractivity contribution in [1.29, 1.82) is 0 Å². The van der Waals surface area contributed by atoms with Crippen LogP contribution in [0.4, 0.5) is 5.69 Å². The van der Waals surface area contributed by atoms with Crippen molar-refractivity contribution in [3.05, 3.63) is 35.3 Å². The number of hydrogen-bond acceptors (Lipinski definition) is 5. The molecule has 2 rings (SSSR count). The number of halogens is 1. The second-order valence-electron chi connectivity index (χ2n) is 5.28. The first-order valence-corrected chi connectivity index (χ1v) is 8.95. The fourth-order valence-electron chi connectivity index (χ4n) is 1.82. The Morgan fingerprint density at radius 3 is 2.57 bits per heavy atom. The number of amides is 1. The number of aromatic nitrogens is 1. The van der Waals surface area contributed by atoms with Crippen LogP contribution >= 0.6 is 35.5 Å². The minimum Gasteiger partial charge on any atom is -0.325 e. The molecule has 0 radical (unpaired) electrons. The van der Waals surface area contributed by atoms with Crippen molar-refractivity contribution in [2.75, 3.05) is 5.32 Å². The topological polar surface area (TPSA) is 68.0 Å². The van der Waals surface area contributed by atoms with Crippen LogP contribution in [-0.2, 0) is 4.79 Å². The van der Waals surface area contributed by atoms with E-state index in [-0.39, 0.29) is 24.2 Å². The van der Waals surface area contributed by atoms with Gasteiger partial charge in [-0.2, -0.15) is 0 Å². The number of rotatable bonds is 6. The lowest BCUT2D eigenvalue weighted by Crippen LogP contribution is -2.40. The molecule has 1 amide bonds. The first kappa shape index (κ1) is 20.0. The lowest BCUT2D eigenvalue weighted by molar-refractivity contribution is -0.118. The number of aryl methyl sites for hydroxylation is 1. The summed E-state index contributed by atoms with van der Waals surface area (Å²) >= 11 is 3.26. The number of nitrogens with two attached hydrogens (primary N) is 1. The standard InChI is InChI=1S/C16H21N3OS2.ClH/c1-4-10(2)14(17)15(20)19-12-5-7-13(8-6-12)22-16-18-11(3)9-21-16;/h5-10,14H,4,17H2,1-3H3,(H,19,20);1H. The van der Waals surface area contributed by atoms with Crippen LogP contribution in [0.15, 0.2) is 38.9 Å². The smallest absolute Gasteiger partial charge is 0.241 e. The maximum absolute atomic E-state index is 12.0. The van der Waals surface area contributed by atoms with Crippen LogP contribution in [0.25, 0.3) is 0 Å². The number of carbonyl (C=O) groups excluding carboxylic acids is 1. The molecule has 3 N–H and O–H groups in total. The van der Waals surface area contributed by atoms with Crippen molar-refractivity contribution in [2.24, 2.45) is 11.7 Å². The van der Waals surface area contributed by atoms with E-state index in [1.54, 1.807) is 23.1 Å². The van der Waals surface area contributed by atoms with Crippen molar-refractivity contribution >= 4 is 47.1 Å². The van der Waals surface area contributed by atoms with Crippen molar-refractivity contribution in [2.45, 2.75) is 42.5 Å². The van der Waals surface area contributed by atoms with Gasteiger partial charge in [0, 0.05) is 21.7 Å². The van der Waals surface area contributed by atoms with Gasteiger partial charge in [0.1, 0.15) is 0 Å². The van der Waals surface area contributed by atoms with Gasteiger partial charge in [0.15, 0.2) is 4.34 Å². The van der Waals surface area contributed by atoms with E-state index in [4.69, 9.17) is 5.73 Å². The lowest BCUT2D eigenvalue weighted by Gasteiger charge is -2.17. The highest BCUT2D eigenvalue weighted by Crippen LogP contribution is 2.30. The van der Waals surface area contributed by atoms with Crippen LogP contribution < -0.4 is 11.1 Å². The summed E-state index contributed by atoms with van der Waals surface area (Å²) in [7, 11) is 0. The van der Waals surface area contributed by atoms with Gasteiger partial charge < -0.3 is 11.1 Å². The zero-order valence-corrected chi connectivity index (χ0v) is 15.9. The molecule has 1 aromatic heterocycles. The molecule has 2 atom stereocenters. The van der Waals surface area contributed by atoms with Crippen LogP contribution in [0.5, 0.6) is 0 Å². The van der Waals surface area contributed by atoms with Gasteiger partial charge in [-0.05, 0) is 37.1 Å². The number of anilines is 1. The number of nitrogens with zero attached hydrogens (tertiary/aromatic N) is 1. The molecule has 0 fully saturated rings. The van der Waals surface area contributed by atoms with Gasteiger partial charge in [-0.3, -0.25) is 4.79 Å². The van der Waals surface area contributed by atoms with Gasteiger partial charge in [-0.1, -0.05) is 32.0 Å². The van der Waals surface area contributed by atoms with E-state index in [9.17, 15) is 4.79 Å². The third-order valence-electron chi connectivity index (χ3n) is 3.48. The van der Waals surface area contributed by atoms with E-state index in [2.05, 4.69) is 10.3 Å². The minimum atomic E-state index is -0.475. The lowest BCUT2D eigenvalue weighted by atomic mass is 9.99. The van der Waals surface area contributed by atoms with Crippen LogP contribution in [0.1, 0.15) is 26.0 Å². The Morgan fingerprint density at radius 2 is 2.04 bits per heavy atom. The molecule has 2 unspecified atom stereocenters. The average Bonchev–Trinajstić information content (AvgIpc) is 2.92. The van der Waals surface area contributed by atoms with Gasteiger partial charge >= 0.3 is 0 Å². The number of thiazole rings is 1. The van der Waals surface area contributed by atoms with Crippen molar-refractivity contribution in [3.8, 4) is 0 Å². The van der Waals surface area contributed by atoms with Crippen molar-refractivity contribution in [1.82, 2.24) is 4.98 Å². The molecule has 0 spiro atoms. The molecule has 0 saturated carbocycles. The van der Waals surface area contributed by atoms with Gasteiger partial charge in [-0.25, -0.2) is 4.98 Å². The van der Waals surface area contributed by atoms with Gasteiger partial charge in [0.05, 0.1) is 6.04 Å². The highest BCUT2D eigenvalue weighted by atomic mass is 35.5. The zero-order valence-electron chi connectivity index (χ0n) is 13.4. The molecule has 0 aliphatic rings. The van der Waals surface area contributed by atoms with E-state index >= 15 is 0 Å². The molecule has 1 aromatic carbocycles. The molecule has 0 bridgehead atoms. The number of carbonyl (C=O) groups is 1. The Kier molecular flexibility index (Phi) is 8.05. The second kappa shape index (κ2) is 9.27. The summed E-state index contributed by atoms with van der Waals surface area (Å²) in [6.45, 7) is 6.00. The molecule has 4 nitrogen and oxygen atoms in total. The quantitative estimate of drug-likeness (QED) is 0.792. The summed E-state index contributed by atoms with van der Waals surface area (Å²) in [5.41, 5.74) is 7.73. The molecule has 2 aromatic rings. The van der Waals surface area contributed by atoms with Crippen LogP contribution in [-0.4, -0.2) is 16.9 Å². The maximum Gasteiger partial charge on any atom is 0.241 e. The van der Waals surface area contributed by atoms with Crippen LogP contribution in [0.3, 0.4) is 0 Å². The Morgan fingerprint density at radius 1 is 1.39 bits per heavy atom. The van der Waals surface area contributed by atoms with Crippen LogP contribution in [0.2, 0.25) is 0 Å². The van der Waals surface area contributed by atoms with Crippen molar-refractivity contribution < 1.29 is 4.79 Å². The zero-order chi connectivity index (χ0) is 16.1. The summed E-state index contributed by atoms with van der Waals surface area (Å²) in [6, 6.07) is 7.27. The first-order valence-electron chi connectivity index (χ1n) is 7.26. The van der Waals surface area contributed by atoms with E-state index in [1.807, 2.05) is 50.4 Å². The van der Waals surface area contributed by atoms with E-state index in [0.29, 0.717) is 0 Å². The minimum absolute atomic E-state index is 0. The average molecular weight is 372 g/mol. The normalized spacial score (nSPS) is 13.0. The van der Waals surface area contributed by atoms with E-state index < -0.39 is 6.04 Å². The molecule has 0 aliphatic heterocycles. The number of benzene rings is 1. The second-order valence-corrected chi connectivity index (χ2v) is 7.46. The van der Waals surface area contributed by atoms with Crippen molar-refractivity contribution in [3.63, 3.8) is 0 Å². The monoisotopic (exact) mass is 371 g/mol. The highest BCUT2D eigenvalue weighted by Gasteiger charge is 2.19. The molecule has 0 aliphatic carbocycles. The fraction of sp³-hybridized carbons (Fsp3) is 0.375. The summed E-state index contributed by atoms with van der Waals surface area (Å²) in [5, 5.41) is 4.90. The SMILES string of the molecule is CCC(C)C(N)C(=O)Nc1ccc(Sc2nc(C)cs2)cc1.Cl. The predicted molar refractivity (Wildman–Crippen MR) is 101 cm³/mol. The van der Waals surface area contributed by atoms with E-state index in [1.165, 1.54) is 0 Å². The van der Waals surface area contributed by atoms with Gasteiger partial charge in [0.2, 0.25) is 5.91 Å². The third kappa shape index (κ3) is 5.80. The fourth-order valence-corrected chi connectivity index (χ4v) is 3.63. The molecular weight excluding hydrogens is 350 g/mol. The molecule has 1 heterocycles. The van der Waals surface area contributed by atoms with E-state index in [0.717, 1.165) is 27.0 Å². The Hall–Kier alpha value is -1.08. The third-order valence-corrected chi connectivity index (χ3v) is 5.55. The largest absolute Gasteiger partial charge is 0.325 e. The summed E-state index contributed by atoms with van der Waals surface area (Å²) in [4.78, 5) is 17.6. The maximum atomic E-state index is 12.0. The summed E-state index contributed by atoms with van der Waals surface area (Å²) in [5.74, 6) is 0.0354. The molecule has 7 heteroatoms. The Bertz CT molecular complexity index is 631. The summed E-state index contributed by atoms with van der Waals surface area (Å²) in [6.07, 6.45) is 0.886. The molecule has 126 valence electrons. The van der Waals surface area contributed by atoms with Crippen LogP contribution in [0, 0.1) is 12.8 Å². The summed E-state index contributed by atoms with van der Waals surface area (Å²) < 4.78 is 1.02. The first-order chi connectivity index (χ1) is 10.5.